The molecule has 0 fully saturated rings. The summed E-state index contributed by atoms with van der Waals surface area (Å²) < 4.78 is 9.91. The van der Waals surface area contributed by atoms with E-state index in [-0.39, 0.29) is 24.5 Å². The molecular formula is C17H18N2O4. The summed E-state index contributed by atoms with van der Waals surface area (Å²) in [5.41, 5.74) is 1.71. The zero-order chi connectivity index (χ0) is 16.8. The van der Waals surface area contributed by atoms with E-state index in [1.54, 1.807) is 13.8 Å². The van der Waals surface area contributed by atoms with Crippen molar-refractivity contribution in [3.63, 3.8) is 0 Å². The van der Waals surface area contributed by atoms with Gasteiger partial charge in [-0.3, -0.25) is 0 Å². The third-order valence-electron chi connectivity index (χ3n) is 3.03. The normalized spacial score (nSPS) is 10.2. The van der Waals surface area contributed by atoms with E-state index in [1.807, 2.05) is 31.2 Å². The maximum atomic E-state index is 12.1. The summed E-state index contributed by atoms with van der Waals surface area (Å²) in [5.74, 6) is -0.969. The van der Waals surface area contributed by atoms with Crippen LogP contribution < -0.4 is 0 Å². The topological polar surface area (TPSA) is 78.4 Å². The molecule has 0 aliphatic carbocycles. The van der Waals surface area contributed by atoms with Gasteiger partial charge in [-0.15, -0.1) is 0 Å². The molecule has 0 N–H and O–H groups in total. The summed E-state index contributed by atoms with van der Waals surface area (Å²) in [7, 11) is 0. The van der Waals surface area contributed by atoms with Crippen molar-refractivity contribution in [1.82, 2.24) is 9.97 Å². The Morgan fingerprint density at radius 3 is 2.43 bits per heavy atom. The maximum absolute atomic E-state index is 12.1. The third-order valence-corrected chi connectivity index (χ3v) is 3.03. The minimum Gasteiger partial charge on any atom is -0.462 e. The fourth-order valence-corrected chi connectivity index (χ4v) is 2.02. The van der Waals surface area contributed by atoms with E-state index in [2.05, 4.69) is 9.97 Å². The average molecular weight is 314 g/mol. The minimum atomic E-state index is -0.674. The number of rotatable bonds is 5. The highest BCUT2D eigenvalue weighted by atomic mass is 16.5. The molecule has 120 valence electrons. The standard InChI is InChI=1S/C17H18N2O4/c1-4-22-16(20)13-10-18-15(12-8-6-7-11(3)9-12)19-14(13)17(21)23-5-2/h6-10H,4-5H2,1-3H3. The number of aromatic nitrogens is 2. The Hall–Kier alpha value is -2.76. The number of carbonyl (C=O) groups is 2. The molecular weight excluding hydrogens is 296 g/mol. The second kappa shape index (κ2) is 7.49. The fraction of sp³-hybridized carbons (Fsp3) is 0.294. The number of hydrogen-bond donors (Lipinski definition) is 0. The molecule has 6 heteroatoms. The lowest BCUT2D eigenvalue weighted by atomic mass is 10.1. The molecule has 1 heterocycles. The molecule has 0 bridgehead atoms. The lowest BCUT2D eigenvalue weighted by Crippen LogP contribution is -2.17. The summed E-state index contributed by atoms with van der Waals surface area (Å²) in [6.07, 6.45) is 1.30. The van der Waals surface area contributed by atoms with Gasteiger partial charge in [-0.25, -0.2) is 19.6 Å². The second-order valence-electron chi connectivity index (χ2n) is 4.77. The van der Waals surface area contributed by atoms with Crippen molar-refractivity contribution in [3.8, 4) is 11.4 Å². The van der Waals surface area contributed by atoms with E-state index < -0.39 is 11.9 Å². The molecule has 23 heavy (non-hydrogen) atoms. The van der Waals surface area contributed by atoms with E-state index in [0.717, 1.165) is 11.1 Å². The van der Waals surface area contributed by atoms with Crippen LogP contribution in [0.1, 0.15) is 40.3 Å². The zero-order valence-corrected chi connectivity index (χ0v) is 13.3. The summed E-state index contributed by atoms with van der Waals surface area (Å²) >= 11 is 0. The van der Waals surface area contributed by atoms with Gasteiger partial charge < -0.3 is 9.47 Å². The number of carbonyl (C=O) groups excluding carboxylic acids is 2. The van der Waals surface area contributed by atoms with Crippen molar-refractivity contribution >= 4 is 11.9 Å². The number of nitrogens with zero attached hydrogens (tertiary/aromatic N) is 2. The van der Waals surface area contributed by atoms with Crippen LogP contribution >= 0.6 is 0 Å². The van der Waals surface area contributed by atoms with Crippen LogP contribution in [-0.4, -0.2) is 35.1 Å². The Labute approximate surface area is 134 Å². The van der Waals surface area contributed by atoms with Crippen molar-refractivity contribution in [3.05, 3.63) is 47.3 Å². The number of ether oxygens (including phenoxy) is 2. The van der Waals surface area contributed by atoms with Gasteiger partial charge in [0.1, 0.15) is 5.56 Å². The first-order valence-corrected chi connectivity index (χ1v) is 7.35. The molecule has 1 aromatic carbocycles. The van der Waals surface area contributed by atoms with Gasteiger partial charge in [0, 0.05) is 11.8 Å². The number of esters is 2. The Balaban J connectivity index is 2.50. The largest absolute Gasteiger partial charge is 0.462 e. The van der Waals surface area contributed by atoms with Gasteiger partial charge in [0.15, 0.2) is 11.5 Å². The van der Waals surface area contributed by atoms with Crippen molar-refractivity contribution < 1.29 is 19.1 Å². The lowest BCUT2D eigenvalue weighted by molar-refractivity contribution is 0.0473. The van der Waals surface area contributed by atoms with Crippen LogP contribution in [0.5, 0.6) is 0 Å². The van der Waals surface area contributed by atoms with Crippen LogP contribution in [0.15, 0.2) is 30.5 Å². The van der Waals surface area contributed by atoms with Crippen LogP contribution in [0.4, 0.5) is 0 Å². The average Bonchev–Trinajstić information content (AvgIpc) is 2.54. The second-order valence-corrected chi connectivity index (χ2v) is 4.77. The molecule has 1 aromatic heterocycles. The van der Waals surface area contributed by atoms with Crippen LogP contribution in [0, 0.1) is 6.92 Å². The number of hydrogen-bond acceptors (Lipinski definition) is 6. The molecule has 2 aromatic rings. The van der Waals surface area contributed by atoms with E-state index in [9.17, 15) is 9.59 Å². The van der Waals surface area contributed by atoms with E-state index in [4.69, 9.17) is 9.47 Å². The molecule has 0 aliphatic heterocycles. The molecule has 0 radical (unpaired) electrons. The summed E-state index contributed by atoms with van der Waals surface area (Å²) in [5, 5.41) is 0. The molecule has 0 unspecified atom stereocenters. The van der Waals surface area contributed by atoms with Gasteiger partial charge in [0.2, 0.25) is 0 Å². The van der Waals surface area contributed by atoms with Crippen LogP contribution in [0.2, 0.25) is 0 Å². The Morgan fingerprint density at radius 2 is 1.78 bits per heavy atom. The minimum absolute atomic E-state index is 0.00158. The first-order chi connectivity index (χ1) is 11.1. The summed E-state index contributed by atoms with van der Waals surface area (Å²) in [6.45, 7) is 5.70. The molecule has 0 aliphatic rings. The third kappa shape index (κ3) is 3.91. The van der Waals surface area contributed by atoms with E-state index >= 15 is 0 Å². The first kappa shape index (κ1) is 16.6. The number of benzene rings is 1. The summed E-state index contributed by atoms with van der Waals surface area (Å²) in [4.78, 5) is 32.5. The van der Waals surface area contributed by atoms with Crippen molar-refractivity contribution in [2.45, 2.75) is 20.8 Å². The molecule has 0 saturated heterocycles. The van der Waals surface area contributed by atoms with Gasteiger partial charge in [0.25, 0.3) is 0 Å². The maximum Gasteiger partial charge on any atom is 0.357 e. The van der Waals surface area contributed by atoms with Gasteiger partial charge in [-0.05, 0) is 26.8 Å². The Bertz CT molecular complexity index is 728. The number of aryl methyl sites for hydroxylation is 1. The quantitative estimate of drug-likeness (QED) is 0.790. The predicted molar refractivity (Wildman–Crippen MR) is 84.1 cm³/mol. The van der Waals surface area contributed by atoms with Gasteiger partial charge in [-0.2, -0.15) is 0 Å². The molecule has 0 saturated carbocycles. The zero-order valence-electron chi connectivity index (χ0n) is 13.3. The summed E-state index contributed by atoms with van der Waals surface area (Å²) in [6, 6.07) is 7.55. The highest BCUT2D eigenvalue weighted by Crippen LogP contribution is 2.19. The molecule has 0 spiro atoms. The SMILES string of the molecule is CCOC(=O)c1cnc(-c2cccc(C)c2)nc1C(=O)OCC. The lowest BCUT2D eigenvalue weighted by Gasteiger charge is -2.09. The van der Waals surface area contributed by atoms with Crippen LogP contribution in [0.3, 0.4) is 0 Å². The molecule has 2 rings (SSSR count). The fourth-order valence-electron chi connectivity index (χ4n) is 2.02. The van der Waals surface area contributed by atoms with E-state index in [1.165, 1.54) is 6.20 Å². The smallest absolute Gasteiger partial charge is 0.357 e. The van der Waals surface area contributed by atoms with Gasteiger partial charge in [-0.1, -0.05) is 23.8 Å². The Morgan fingerprint density at radius 1 is 1.09 bits per heavy atom. The van der Waals surface area contributed by atoms with Crippen molar-refractivity contribution in [1.29, 1.82) is 0 Å². The Kier molecular flexibility index (Phi) is 5.41. The van der Waals surface area contributed by atoms with Crippen molar-refractivity contribution in [2.75, 3.05) is 13.2 Å². The predicted octanol–water partition coefficient (Wildman–Crippen LogP) is 2.81. The monoisotopic (exact) mass is 314 g/mol. The van der Waals surface area contributed by atoms with Crippen LogP contribution in [-0.2, 0) is 9.47 Å². The van der Waals surface area contributed by atoms with Gasteiger partial charge >= 0.3 is 11.9 Å². The van der Waals surface area contributed by atoms with Gasteiger partial charge in [0.05, 0.1) is 13.2 Å². The van der Waals surface area contributed by atoms with E-state index in [0.29, 0.717) is 5.82 Å². The highest BCUT2D eigenvalue weighted by molar-refractivity contribution is 6.01. The molecule has 0 atom stereocenters. The van der Waals surface area contributed by atoms with Crippen LogP contribution in [0.25, 0.3) is 11.4 Å². The first-order valence-electron chi connectivity index (χ1n) is 7.35. The molecule has 0 amide bonds. The molecule has 6 nitrogen and oxygen atoms in total. The van der Waals surface area contributed by atoms with Crippen molar-refractivity contribution in [2.24, 2.45) is 0 Å². The highest BCUT2D eigenvalue weighted by Gasteiger charge is 2.22.